The van der Waals surface area contributed by atoms with E-state index in [1.807, 2.05) is 30.3 Å². The van der Waals surface area contributed by atoms with Gasteiger partial charge in [0.1, 0.15) is 21.7 Å². The molecule has 2 aliphatic rings. The Labute approximate surface area is 207 Å². The second kappa shape index (κ2) is 10.5. The normalized spacial score (nSPS) is 15.6. The number of thiazole rings is 1. The molecule has 184 valence electrons. The molecule has 0 aliphatic carbocycles. The highest BCUT2D eigenvalue weighted by molar-refractivity contribution is 7.22. The topological polar surface area (TPSA) is 82.6 Å². The Bertz CT molecular complexity index is 1200. The lowest BCUT2D eigenvalue weighted by Gasteiger charge is -2.28. The number of rotatable bonds is 8. The van der Waals surface area contributed by atoms with Crippen molar-refractivity contribution >= 4 is 38.7 Å². The standard InChI is InChI=1S/C25H27N3O6S/c1-30-19-6-7-20(31-2)24-23(19)26-25(35-24)28(10-9-27-11-13-32-14-12-27)22(29)8-4-17-3-5-18-21(15-17)34-16-33-18/h3-8,15H,9-14,16H2,1-2H3/b8-4+. The molecule has 0 unspecified atom stereocenters. The molecule has 35 heavy (non-hydrogen) atoms. The van der Waals surface area contributed by atoms with Gasteiger partial charge in [-0.1, -0.05) is 17.4 Å². The number of aromatic nitrogens is 1. The highest BCUT2D eigenvalue weighted by Crippen LogP contribution is 2.40. The van der Waals surface area contributed by atoms with E-state index in [2.05, 4.69) is 4.90 Å². The number of amides is 1. The van der Waals surface area contributed by atoms with Crippen LogP contribution in [0, 0.1) is 0 Å². The van der Waals surface area contributed by atoms with Crippen LogP contribution in [0.2, 0.25) is 0 Å². The van der Waals surface area contributed by atoms with E-state index in [4.69, 9.17) is 28.7 Å². The van der Waals surface area contributed by atoms with Gasteiger partial charge in [0.15, 0.2) is 16.6 Å². The van der Waals surface area contributed by atoms with Gasteiger partial charge >= 0.3 is 0 Å². The van der Waals surface area contributed by atoms with Gasteiger partial charge in [-0.2, -0.15) is 0 Å². The van der Waals surface area contributed by atoms with Gasteiger partial charge in [0.25, 0.3) is 5.91 Å². The van der Waals surface area contributed by atoms with Crippen molar-refractivity contribution in [3.8, 4) is 23.0 Å². The molecule has 10 heteroatoms. The van der Waals surface area contributed by atoms with Crippen LogP contribution in [0.25, 0.3) is 16.3 Å². The van der Waals surface area contributed by atoms with Crippen molar-refractivity contribution in [3.63, 3.8) is 0 Å². The Morgan fingerprint density at radius 2 is 1.89 bits per heavy atom. The summed E-state index contributed by atoms with van der Waals surface area (Å²) in [6.07, 6.45) is 3.35. The molecule has 1 amide bonds. The molecule has 9 nitrogen and oxygen atoms in total. The molecule has 1 fully saturated rings. The van der Waals surface area contributed by atoms with Crippen molar-refractivity contribution in [3.05, 3.63) is 42.0 Å². The van der Waals surface area contributed by atoms with Crippen LogP contribution in [0.4, 0.5) is 5.13 Å². The number of hydrogen-bond donors (Lipinski definition) is 0. The molecule has 0 spiro atoms. The molecule has 0 N–H and O–H groups in total. The summed E-state index contributed by atoms with van der Waals surface area (Å²) in [5.74, 6) is 2.56. The summed E-state index contributed by atoms with van der Waals surface area (Å²) < 4.78 is 28.1. The van der Waals surface area contributed by atoms with Gasteiger partial charge in [-0.15, -0.1) is 0 Å². The van der Waals surface area contributed by atoms with Gasteiger partial charge in [-0.05, 0) is 35.9 Å². The molecule has 2 aliphatic heterocycles. The maximum Gasteiger partial charge on any atom is 0.252 e. The third-order valence-corrected chi connectivity index (χ3v) is 7.05. The molecule has 3 heterocycles. The number of ether oxygens (including phenoxy) is 5. The maximum absolute atomic E-state index is 13.5. The van der Waals surface area contributed by atoms with Crippen molar-refractivity contribution < 1.29 is 28.5 Å². The molecule has 1 saturated heterocycles. The third kappa shape index (κ3) is 5.04. The number of benzene rings is 2. The smallest absolute Gasteiger partial charge is 0.252 e. The lowest BCUT2D eigenvalue weighted by Crippen LogP contribution is -2.42. The fraction of sp³-hybridized carbons (Fsp3) is 0.360. The molecule has 3 aromatic rings. The van der Waals surface area contributed by atoms with Crippen molar-refractivity contribution in [1.82, 2.24) is 9.88 Å². The average molecular weight is 498 g/mol. The van der Waals surface area contributed by atoms with Crippen molar-refractivity contribution in [2.24, 2.45) is 0 Å². The summed E-state index contributed by atoms with van der Waals surface area (Å²) in [7, 11) is 3.23. The number of morpholine rings is 1. The van der Waals surface area contributed by atoms with E-state index >= 15 is 0 Å². The summed E-state index contributed by atoms with van der Waals surface area (Å²) in [5, 5.41) is 0.594. The lowest BCUT2D eigenvalue weighted by atomic mass is 10.2. The summed E-state index contributed by atoms with van der Waals surface area (Å²) in [6, 6.07) is 9.27. The minimum absolute atomic E-state index is 0.159. The number of nitrogens with zero attached hydrogens (tertiary/aromatic N) is 3. The van der Waals surface area contributed by atoms with E-state index in [0.29, 0.717) is 53.4 Å². The van der Waals surface area contributed by atoms with Crippen molar-refractivity contribution in [2.75, 3.05) is 65.3 Å². The summed E-state index contributed by atoms with van der Waals surface area (Å²) >= 11 is 1.41. The van der Waals surface area contributed by atoms with Gasteiger partial charge in [-0.25, -0.2) is 4.98 Å². The van der Waals surface area contributed by atoms with E-state index in [1.165, 1.54) is 11.3 Å². The zero-order chi connectivity index (χ0) is 24.2. The van der Waals surface area contributed by atoms with Gasteiger partial charge in [0.2, 0.25) is 6.79 Å². The molecule has 5 rings (SSSR count). The first-order chi connectivity index (χ1) is 17.2. The van der Waals surface area contributed by atoms with Crippen LogP contribution in [0.5, 0.6) is 23.0 Å². The molecular weight excluding hydrogens is 470 g/mol. The number of methoxy groups -OCH3 is 2. The van der Waals surface area contributed by atoms with Crippen LogP contribution >= 0.6 is 11.3 Å². The Balaban J connectivity index is 1.43. The second-order valence-electron chi connectivity index (χ2n) is 8.03. The quantitative estimate of drug-likeness (QED) is 0.438. The molecule has 1 aromatic heterocycles. The number of carbonyl (C=O) groups is 1. The Hall–Kier alpha value is -3.34. The molecule has 0 saturated carbocycles. The maximum atomic E-state index is 13.5. The fourth-order valence-corrected chi connectivity index (χ4v) is 5.14. The highest BCUT2D eigenvalue weighted by Gasteiger charge is 2.23. The largest absolute Gasteiger partial charge is 0.495 e. The highest BCUT2D eigenvalue weighted by atomic mass is 32.1. The van der Waals surface area contributed by atoms with Crippen LogP contribution in [-0.4, -0.2) is 76.2 Å². The summed E-state index contributed by atoms with van der Waals surface area (Å²) in [5.41, 5.74) is 1.53. The number of anilines is 1. The number of carbonyl (C=O) groups excluding carboxylic acids is 1. The van der Waals surface area contributed by atoms with Crippen molar-refractivity contribution in [2.45, 2.75) is 0 Å². The van der Waals surface area contributed by atoms with Crippen LogP contribution in [0.1, 0.15) is 5.56 Å². The van der Waals surface area contributed by atoms with Crippen LogP contribution < -0.4 is 23.8 Å². The Morgan fingerprint density at radius 3 is 2.69 bits per heavy atom. The van der Waals surface area contributed by atoms with E-state index in [1.54, 1.807) is 31.3 Å². The predicted octanol–water partition coefficient (Wildman–Crippen LogP) is 3.42. The van der Waals surface area contributed by atoms with E-state index in [9.17, 15) is 4.79 Å². The average Bonchev–Trinajstić information content (AvgIpc) is 3.55. The van der Waals surface area contributed by atoms with Crippen LogP contribution in [-0.2, 0) is 9.53 Å². The minimum atomic E-state index is -0.159. The van der Waals surface area contributed by atoms with E-state index in [0.717, 1.165) is 29.9 Å². The summed E-state index contributed by atoms with van der Waals surface area (Å²) in [6.45, 7) is 4.52. The first-order valence-electron chi connectivity index (χ1n) is 11.4. The molecule has 2 aromatic carbocycles. The SMILES string of the molecule is COc1ccc(OC)c2sc(N(CCN3CCOCC3)C(=O)/C=C/c3ccc4c(c3)OCO4)nc12. The van der Waals surface area contributed by atoms with Crippen LogP contribution in [0.15, 0.2) is 36.4 Å². The van der Waals surface area contributed by atoms with E-state index < -0.39 is 0 Å². The molecule has 0 radical (unpaired) electrons. The zero-order valence-electron chi connectivity index (χ0n) is 19.7. The van der Waals surface area contributed by atoms with Gasteiger partial charge in [0.05, 0.1) is 27.4 Å². The number of fused-ring (bicyclic) bond motifs is 2. The zero-order valence-corrected chi connectivity index (χ0v) is 20.5. The number of hydrogen-bond acceptors (Lipinski definition) is 9. The molecule has 0 bridgehead atoms. The fourth-order valence-electron chi connectivity index (χ4n) is 4.03. The molecular formula is C25H27N3O6S. The first kappa shape index (κ1) is 23.4. The Kier molecular flexibility index (Phi) is 7.03. The predicted molar refractivity (Wildman–Crippen MR) is 134 cm³/mol. The Morgan fingerprint density at radius 1 is 1.11 bits per heavy atom. The monoisotopic (exact) mass is 497 g/mol. The first-order valence-corrected chi connectivity index (χ1v) is 12.2. The second-order valence-corrected chi connectivity index (χ2v) is 9.01. The van der Waals surface area contributed by atoms with Gasteiger partial charge in [0, 0.05) is 32.3 Å². The summed E-state index contributed by atoms with van der Waals surface area (Å²) in [4.78, 5) is 22.2. The van der Waals surface area contributed by atoms with Crippen molar-refractivity contribution in [1.29, 1.82) is 0 Å². The minimum Gasteiger partial charge on any atom is -0.495 e. The van der Waals surface area contributed by atoms with Crippen LogP contribution in [0.3, 0.4) is 0 Å². The third-order valence-electron chi connectivity index (χ3n) is 5.95. The molecule has 0 atom stereocenters. The van der Waals surface area contributed by atoms with Gasteiger partial charge < -0.3 is 23.7 Å². The van der Waals surface area contributed by atoms with E-state index in [-0.39, 0.29) is 12.7 Å². The lowest BCUT2D eigenvalue weighted by molar-refractivity contribution is -0.114. The van der Waals surface area contributed by atoms with Gasteiger partial charge in [-0.3, -0.25) is 14.6 Å².